The number of carbonyl (C=O) groups is 2. The number of nitrogens with zero attached hydrogens (tertiary/aromatic N) is 1. The largest absolute Gasteiger partial charge is 0.462 e. The lowest BCUT2D eigenvalue weighted by atomic mass is 9.43. The zero-order valence-electron chi connectivity index (χ0n) is 25.4. The standard InChI is InChI=1S/C33H48N2O7/c1-21(36)41-27-19-33(39)26-8-7-23-18-24(42-30(38)34-14-17-35-15-4-5-16-35)10-12-31(23,2)25(26)11-13-32(33,3)29(27)22-6-9-28(37)40-20-22/h6,9,20,23-27,29,39H,4-5,7-8,10-19H2,1-3H3,(H,34,38)/t23-,24+,25+,26-,27+,29+,31+,32-,33+/m1/s1. The van der Waals surface area contributed by atoms with Gasteiger partial charge in [0.15, 0.2) is 0 Å². The van der Waals surface area contributed by atoms with Crippen molar-refractivity contribution in [3.63, 3.8) is 0 Å². The fourth-order valence-electron chi connectivity index (χ4n) is 10.3. The minimum absolute atomic E-state index is 0.0562. The van der Waals surface area contributed by atoms with E-state index in [-0.39, 0.29) is 35.4 Å². The van der Waals surface area contributed by atoms with E-state index in [1.165, 1.54) is 32.1 Å². The molecule has 6 rings (SSSR count). The summed E-state index contributed by atoms with van der Waals surface area (Å²) in [6, 6.07) is 3.17. The number of ether oxygens (including phenoxy) is 2. The van der Waals surface area contributed by atoms with Gasteiger partial charge < -0.3 is 29.2 Å². The van der Waals surface area contributed by atoms with Gasteiger partial charge in [-0.1, -0.05) is 13.8 Å². The Morgan fingerprint density at radius 2 is 1.86 bits per heavy atom. The summed E-state index contributed by atoms with van der Waals surface area (Å²) in [5, 5.41) is 15.7. The van der Waals surface area contributed by atoms with E-state index in [4.69, 9.17) is 13.9 Å². The molecule has 4 saturated carbocycles. The van der Waals surface area contributed by atoms with Crippen LogP contribution in [0, 0.1) is 28.6 Å². The van der Waals surface area contributed by atoms with Gasteiger partial charge in [0, 0.05) is 43.8 Å². The van der Waals surface area contributed by atoms with Crippen molar-refractivity contribution in [2.75, 3.05) is 26.2 Å². The van der Waals surface area contributed by atoms with Crippen LogP contribution in [0.4, 0.5) is 4.79 Å². The molecule has 9 atom stereocenters. The maximum Gasteiger partial charge on any atom is 0.407 e. The number of alkyl carbamates (subject to hydrolysis) is 1. The molecule has 0 bridgehead atoms. The lowest BCUT2D eigenvalue weighted by molar-refractivity contribution is -0.205. The first-order chi connectivity index (χ1) is 20.0. The highest BCUT2D eigenvalue weighted by atomic mass is 16.6. The first-order valence-electron chi connectivity index (χ1n) is 16.2. The molecule has 0 spiro atoms. The Morgan fingerprint density at radius 1 is 1.07 bits per heavy atom. The third-order valence-electron chi connectivity index (χ3n) is 12.4. The van der Waals surface area contributed by atoms with E-state index in [0.717, 1.165) is 70.1 Å². The Balaban J connectivity index is 1.15. The zero-order valence-corrected chi connectivity index (χ0v) is 25.4. The Hall–Kier alpha value is -2.39. The summed E-state index contributed by atoms with van der Waals surface area (Å²) in [6.45, 7) is 9.69. The van der Waals surface area contributed by atoms with Crippen LogP contribution in [-0.4, -0.2) is 66.1 Å². The predicted molar refractivity (Wildman–Crippen MR) is 156 cm³/mol. The predicted octanol–water partition coefficient (Wildman–Crippen LogP) is 4.61. The van der Waals surface area contributed by atoms with Gasteiger partial charge >= 0.3 is 17.7 Å². The normalized spacial score (nSPS) is 41.3. The van der Waals surface area contributed by atoms with E-state index in [1.807, 2.05) is 0 Å². The minimum atomic E-state index is -1.01. The van der Waals surface area contributed by atoms with Crippen molar-refractivity contribution < 1.29 is 28.6 Å². The SMILES string of the molecule is CC(=O)O[C@H]1C[C@]2(O)[C@@H]3CC[C@@H]4C[C@@H](OC(=O)NCCN5CCCC5)CC[C@]4(C)[C@H]3CC[C@]2(C)[C@H]1c1ccc(=O)oc1. The molecule has 4 aliphatic carbocycles. The van der Waals surface area contributed by atoms with E-state index in [2.05, 4.69) is 24.1 Å². The van der Waals surface area contributed by atoms with Crippen molar-refractivity contribution in [2.45, 2.75) is 109 Å². The Bertz CT molecular complexity index is 1210. The molecular weight excluding hydrogens is 536 g/mol. The van der Waals surface area contributed by atoms with E-state index in [9.17, 15) is 19.5 Å². The minimum Gasteiger partial charge on any atom is -0.462 e. The number of nitrogens with one attached hydrogen (secondary N) is 1. The van der Waals surface area contributed by atoms with Crippen LogP contribution in [0.2, 0.25) is 0 Å². The van der Waals surface area contributed by atoms with Crippen molar-refractivity contribution in [1.82, 2.24) is 10.2 Å². The lowest BCUT2D eigenvalue weighted by Gasteiger charge is -2.63. The summed E-state index contributed by atoms with van der Waals surface area (Å²) in [5.74, 6) is 0.250. The summed E-state index contributed by atoms with van der Waals surface area (Å²) in [6.07, 6.45) is 9.84. The second-order valence-electron chi connectivity index (χ2n) is 14.4. The quantitative estimate of drug-likeness (QED) is 0.466. The first-order valence-corrected chi connectivity index (χ1v) is 16.2. The number of carbonyl (C=O) groups excluding carboxylic acids is 2. The fraction of sp³-hybridized carbons (Fsp3) is 0.788. The average Bonchev–Trinajstić information content (AvgIpc) is 3.53. The van der Waals surface area contributed by atoms with Gasteiger partial charge in [-0.15, -0.1) is 0 Å². The van der Waals surface area contributed by atoms with Crippen LogP contribution in [0.25, 0.3) is 0 Å². The van der Waals surface area contributed by atoms with Gasteiger partial charge in [0.2, 0.25) is 0 Å². The highest BCUT2D eigenvalue weighted by molar-refractivity contribution is 5.67. The monoisotopic (exact) mass is 584 g/mol. The van der Waals surface area contributed by atoms with E-state index < -0.39 is 22.7 Å². The van der Waals surface area contributed by atoms with Crippen LogP contribution in [0.1, 0.15) is 96.5 Å². The van der Waals surface area contributed by atoms with Gasteiger partial charge in [0.1, 0.15) is 12.2 Å². The van der Waals surface area contributed by atoms with Crippen LogP contribution < -0.4 is 10.9 Å². The van der Waals surface area contributed by atoms with Crippen molar-refractivity contribution in [2.24, 2.45) is 28.6 Å². The number of fused-ring (bicyclic) bond motifs is 5. The number of esters is 1. The molecule has 232 valence electrons. The van der Waals surface area contributed by atoms with Crippen molar-refractivity contribution >= 4 is 12.1 Å². The van der Waals surface area contributed by atoms with Crippen molar-refractivity contribution in [1.29, 1.82) is 0 Å². The summed E-state index contributed by atoms with van der Waals surface area (Å²) in [5.41, 5.74) is -1.09. The van der Waals surface area contributed by atoms with Crippen molar-refractivity contribution in [3.8, 4) is 0 Å². The molecular formula is C33H48N2O7. The molecule has 1 amide bonds. The highest BCUT2D eigenvalue weighted by Gasteiger charge is 2.70. The molecule has 1 aromatic rings. The zero-order chi connectivity index (χ0) is 29.7. The number of hydrogen-bond donors (Lipinski definition) is 2. The maximum atomic E-state index is 12.7. The molecule has 0 unspecified atom stereocenters. The van der Waals surface area contributed by atoms with Crippen LogP contribution in [0.5, 0.6) is 0 Å². The van der Waals surface area contributed by atoms with E-state index in [1.54, 1.807) is 6.07 Å². The van der Waals surface area contributed by atoms with Crippen LogP contribution in [0.15, 0.2) is 27.6 Å². The summed E-state index contributed by atoms with van der Waals surface area (Å²) in [7, 11) is 0. The van der Waals surface area contributed by atoms with Gasteiger partial charge in [0.25, 0.3) is 0 Å². The molecule has 5 aliphatic rings. The molecule has 2 N–H and O–H groups in total. The molecule has 5 fully saturated rings. The molecule has 42 heavy (non-hydrogen) atoms. The molecule has 9 heteroatoms. The van der Waals surface area contributed by atoms with Crippen molar-refractivity contribution in [3.05, 3.63) is 34.4 Å². The Kier molecular flexibility index (Phi) is 7.96. The van der Waals surface area contributed by atoms with E-state index in [0.29, 0.717) is 24.8 Å². The molecule has 1 saturated heterocycles. The van der Waals surface area contributed by atoms with Gasteiger partial charge in [-0.3, -0.25) is 4.79 Å². The van der Waals surface area contributed by atoms with Crippen LogP contribution >= 0.6 is 0 Å². The topological polar surface area (TPSA) is 118 Å². The molecule has 0 radical (unpaired) electrons. The first kappa shape index (κ1) is 29.7. The Labute approximate surface area is 248 Å². The van der Waals surface area contributed by atoms with Gasteiger partial charge in [-0.25, -0.2) is 9.59 Å². The summed E-state index contributed by atoms with van der Waals surface area (Å²) < 4.78 is 17.0. The fourth-order valence-corrected chi connectivity index (χ4v) is 10.3. The molecule has 2 heterocycles. The van der Waals surface area contributed by atoms with Crippen LogP contribution in [-0.2, 0) is 14.3 Å². The second kappa shape index (κ2) is 11.3. The van der Waals surface area contributed by atoms with Gasteiger partial charge in [0.05, 0.1) is 11.9 Å². The number of hydrogen-bond acceptors (Lipinski definition) is 8. The molecule has 0 aromatic carbocycles. The summed E-state index contributed by atoms with van der Waals surface area (Å²) >= 11 is 0. The number of likely N-dealkylation sites (tertiary alicyclic amines) is 1. The maximum absolute atomic E-state index is 12.7. The molecule has 9 nitrogen and oxygen atoms in total. The number of amides is 1. The number of aliphatic hydroxyl groups is 1. The van der Waals surface area contributed by atoms with E-state index >= 15 is 0 Å². The van der Waals surface area contributed by atoms with Gasteiger partial charge in [-0.05, 0) is 106 Å². The second-order valence-corrected chi connectivity index (χ2v) is 14.4. The molecule has 1 aliphatic heterocycles. The smallest absolute Gasteiger partial charge is 0.407 e. The third kappa shape index (κ3) is 5.08. The van der Waals surface area contributed by atoms with Crippen LogP contribution in [0.3, 0.4) is 0 Å². The average molecular weight is 585 g/mol. The Morgan fingerprint density at radius 3 is 2.57 bits per heavy atom. The van der Waals surface area contributed by atoms with Gasteiger partial charge in [-0.2, -0.15) is 0 Å². The number of rotatable bonds is 6. The highest BCUT2D eigenvalue weighted by Crippen LogP contribution is 2.71. The summed E-state index contributed by atoms with van der Waals surface area (Å²) in [4.78, 5) is 38.9. The lowest BCUT2D eigenvalue weighted by Crippen LogP contribution is -2.62. The molecule has 1 aromatic heterocycles. The third-order valence-corrected chi connectivity index (χ3v) is 12.4.